The minimum atomic E-state index is 0.318. The number of hydrogen-bond acceptors (Lipinski definition) is 4. The Labute approximate surface area is 159 Å². The standard InChI is InChI=1S/C22H24N2OS/c1-4-17-11-8-12-19(13-17)25-21-14-20(16(2)3)23-22(24-21)26-15-18-9-6-5-7-10-18/h5-14,16H,4,15H2,1-3H3. The largest absolute Gasteiger partial charge is 0.439 e. The first-order valence-corrected chi connectivity index (χ1v) is 9.95. The Morgan fingerprint density at radius 3 is 2.42 bits per heavy atom. The van der Waals surface area contributed by atoms with Crippen LogP contribution in [0.25, 0.3) is 0 Å². The van der Waals surface area contributed by atoms with Crippen LogP contribution in [0, 0.1) is 0 Å². The summed E-state index contributed by atoms with van der Waals surface area (Å²) in [6.07, 6.45) is 0.983. The Morgan fingerprint density at radius 2 is 1.69 bits per heavy atom. The van der Waals surface area contributed by atoms with E-state index in [2.05, 4.69) is 62.2 Å². The number of thioether (sulfide) groups is 1. The number of hydrogen-bond donors (Lipinski definition) is 0. The highest BCUT2D eigenvalue weighted by atomic mass is 32.2. The smallest absolute Gasteiger partial charge is 0.223 e. The predicted molar refractivity (Wildman–Crippen MR) is 108 cm³/mol. The van der Waals surface area contributed by atoms with Gasteiger partial charge in [-0.05, 0) is 35.6 Å². The maximum Gasteiger partial charge on any atom is 0.223 e. The first kappa shape index (κ1) is 18.5. The molecule has 134 valence electrons. The fraction of sp³-hybridized carbons (Fsp3) is 0.273. The quantitative estimate of drug-likeness (QED) is 0.367. The average molecular weight is 365 g/mol. The first-order valence-electron chi connectivity index (χ1n) is 8.96. The summed E-state index contributed by atoms with van der Waals surface area (Å²) in [6, 6.07) is 20.5. The van der Waals surface area contributed by atoms with Gasteiger partial charge in [0.15, 0.2) is 5.16 Å². The van der Waals surface area contributed by atoms with E-state index in [4.69, 9.17) is 9.72 Å². The van der Waals surface area contributed by atoms with E-state index in [1.54, 1.807) is 11.8 Å². The van der Waals surface area contributed by atoms with Gasteiger partial charge in [-0.1, -0.05) is 75.0 Å². The van der Waals surface area contributed by atoms with E-state index >= 15 is 0 Å². The fourth-order valence-corrected chi connectivity index (χ4v) is 3.32. The second-order valence-corrected chi connectivity index (χ2v) is 7.39. The zero-order valence-electron chi connectivity index (χ0n) is 15.5. The average Bonchev–Trinajstić information content (AvgIpc) is 2.67. The molecule has 0 amide bonds. The summed E-state index contributed by atoms with van der Waals surface area (Å²) in [5.74, 6) is 2.58. The number of benzene rings is 2. The Morgan fingerprint density at radius 1 is 0.923 bits per heavy atom. The van der Waals surface area contributed by atoms with Crippen LogP contribution in [0.1, 0.15) is 43.5 Å². The summed E-state index contributed by atoms with van der Waals surface area (Å²) in [5.41, 5.74) is 3.51. The maximum absolute atomic E-state index is 6.04. The molecule has 2 aromatic carbocycles. The lowest BCUT2D eigenvalue weighted by atomic mass is 10.1. The van der Waals surface area contributed by atoms with Crippen molar-refractivity contribution < 1.29 is 4.74 Å². The molecule has 0 saturated heterocycles. The molecule has 0 atom stereocenters. The zero-order valence-corrected chi connectivity index (χ0v) is 16.3. The molecule has 0 bridgehead atoms. The molecule has 1 heterocycles. The van der Waals surface area contributed by atoms with Crippen molar-refractivity contribution in [1.29, 1.82) is 0 Å². The van der Waals surface area contributed by atoms with Gasteiger partial charge in [0, 0.05) is 11.8 Å². The topological polar surface area (TPSA) is 35.0 Å². The van der Waals surface area contributed by atoms with Crippen molar-refractivity contribution in [3.8, 4) is 11.6 Å². The molecule has 0 spiro atoms. The van der Waals surface area contributed by atoms with Gasteiger partial charge < -0.3 is 4.74 Å². The predicted octanol–water partition coefficient (Wildman–Crippen LogP) is 6.25. The van der Waals surface area contributed by atoms with Crippen molar-refractivity contribution in [2.45, 2.75) is 44.0 Å². The lowest BCUT2D eigenvalue weighted by molar-refractivity contribution is 0.452. The molecule has 0 unspecified atom stereocenters. The van der Waals surface area contributed by atoms with Crippen molar-refractivity contribution in [3.63, 3.8) is 0 Å². The van der Waals surface area contributed by atoms with Crippen LogP contribution in [0.15, 0.2) is 65.8 Å². The summed E-state index contributed by atoms with van der Waals surface area (Å²) < 4.78 is 6.04. The molecular formula is C22H24N2OS. The second kappa shape index (κ2) is 8.86. The Hall–Kier alpha value is -2.33. The van der Waals surface area contributed by atoms with Crippen molar-refractivity contribution in [2.75, 3.05) is 0 Å². The van der Waals surface area contributed by atoms with Crippen LogP contribution in [0.4, 0.5) is 0 Å². The third-order valence-corrected chi connectivity index (χ3v) is 4.95. The monoisotopic (exact) mass is 364 g/mol. The molecular weight excluding hydrogens is 340 g/mol. The second-order valence-electron chi connectivity index (χ2n) is 6.45. The molecule has 3 rings (SSSR count). The van der Waals surface area contributed by atoms with Gasteiger partial charge in [0.05, 0.1) is 5.69 Å². The van der Waals surface area contributed by atoms with Gasteiger partial charge >= 0.3 is 0 Å². The van der Waals surface area contributed by atoms with Gasteiger partial charge in [-0.25, -0.2) is 4.98 Å². The minimum Gasteiger partial charge on any atom is -0.439 e. The number of aryl methyl sites for hydroxylation is 1. The van der Waals surface area contributed by atoms with Crippen LogP contribution in [-0.2, 0) is 12.2 Å². The van der Waals surface area contributed by atoms with E-state index in [-0.39, 0.29) is 0 Å². The SMILES string of the molecule is CCc1cccc(Oc2cc(C(C)C)nc(SCc3ccccc3)n2)c1. The number of ether oxygens (including phenoxy) is 1. The maximum atomic E-state index is 6.04. The molecule has 0 aliphatic rings. The van der Waals surface area contributed by atoms with E-state index in [9.17, 15) is 0 Å². The lowest BCUT2D eigenvalue weighted by Crippen LogP contribution is -2.00. The molecule has 0 saturated carbocycles. The van der Waals surface area contributed by atoms with Crippen LogP contribution in [0.3, 0.4) is 0 Å². The molecule has 3 nitrogen and oxygen atoms in total. The summed E-state index contributed by atoms with van der Waals surface area (Å²) in [4.78, 5) is 9.31. The van der Waals surface area contributed by atoms with Gasteiger partial charge in [-0.15, -0.1) is 0 Å². The third kappa shape index (κ3) is 5.09. The molecule has 1 aromatic heterocycles. The van der Waals surface area contributed by atoms with Gasteiger partial charge in [0.2, 0.25) is 5.88 Å². The zero-order chi connectivity index (χ0) is 18.4. The van der Waals surface area contributed by atoms with Crippen molar-refractivity contribution >= 4 is 11.8 Å². The highest BCUT2D eigenvalue weighted by Crippen LogP contribution is 2.28. The van der Waals surface area contributed by atoms with Crippen molar-refractivity contribution in [1.82, 2.24) is 9.97 Å². The van der Waals surface area contributed by atoms with Gasteiger partial charge in [-0.3, -0.25) is 0 Å². The van der Waals surface area contributed by atoms with E-state index in [1.807, 2.05) is 24.3 Å². The minimum absolute atomic E-state index is 0.318. The number of rotatable bonds is 7. The summed E-state index contributed by atoms with van der Waals surface area (Å²) in [6.45, 7) is 6.41. The van der Waals surface area contributed by atoms with E-state index in [0.29, 0.717) is 11.8 Å². The van der Waals surface area contributed by atoms with E-state index in [1.165, 1.54) is 11.1 Å². The number of nitrogens with zero attached hydrogens (tertiary/aromatic N) is 2. The Balaban J connectivity index is 1.81. The van der Waals surface area contributed by atoms with E-state index in [0.717, 1.165) is 28.8 Å². The third-order valence-electron chi connectivity index (χ3n) is 4.03. The van der Waals surface area contributed by atoms with Crippen LogP contribution < -0.4 is 4.74 Å². The Kier molecular flexibility index (Phi) is 6.29. The molecule has 0 N–H and O–H groups in total. The molecule has 0 radical (unpaired) electrons. The molecule has 26 heavy (non-hydrogen) atoms. The van der Waals surface area contributed by atoms with E-state index < -0.39 is 0 Å². The highest BCUT2D eigenvalue weighted by Gasteiger charge is 2.10. The normalized spacial score (nSPS) is 10.9. The fourth-order valence-electron chi connectivity index (χ4n) is 2.51. The number of aromatic nitrogens is 2. The summed E-state index contributed by atoms with van der Waals surface area (Å²) in [7, 11) is 0. The first-order chi connectivity index (χ1) is 12.6. The highest BCUT2D eigenvalue weighted by molar-refractivity contribution is 7.98. The molecule has 0 aliphatic carbocycles. The van der Waals surface area contributed by atoms with Crippen LogP contribution in [0.5, 0.6) is 11.6 Å². The lowest BCUT2D eigenvalue weighted by Gasteiger charge is -2.11. The molecule has 4 heteroatoms. The van der Waals surface area contributed by atoms with Crippen LogP contribution >= 0.6 is 11.8 Å². The van der Waals surface area contributed by atoms with Crippen molar-refractivity contribution in [3.05, 3.63) is 77.5 Å². The van der Waals surface area contributed by atoms with Crippen LogP contribution in [0.2, 0.25) is 0 Å². The summed E-state index contributed by atoms with van der Waals surface area (Å²) in [5, 5.41) is 0.752. The molecule has 0 fully saturated rings. The molecule has 3 aromatic rings. The van der Waals surface area contributed by atoms with Gasteiger partial charge in [0.1, 0.15) is 5.75 Å². The molecule has 0 aliphatic heterocycles. The summed E-state index contributed by atoms with van der Waals surface area (Å²) >= 11 is 1.64. The van der Waals surface area contributed by atoms with Gasteiger partial charge in [-0.2, -0.15) is 4.98 Å². The van der Waals surface area contributed by atoms with Crippen molar-refractivity contribution in [2.24, 2.45) is 0 Å². The Bertz CT molecular complexity index is 850. The van der Waals surface area contributed by atoms with Gasteiger partial charge in [0.25, 0.3) is 0 Å². The van der Waals surface area contributed by atoms with Crippen LogP contribution in [-0.4, -0.2) is 9.97 Å².